The Hall–Kier alpha value is -0.820. The summed E-state index contributed by atoms with van der Waals surface area (Å²) < 4.78 is 36.4. The number of amides is 1. The first-order chi connectivity index (χ1) is 6.86. The second-order valence-electron chi connectivity index (χ2n) is 3.58. The van der Waals surface area contributed by atoms with E-state index in [2.05, 4.69) is 5.32 Å². The number of nitrogens with one attached hydrogen (secondary N) is 1. The summed E-state index contributed by atoms with van der Waals surface area (Å²) in [5, 5.41) is 2.91. The van der Waals surface area contributed by atoms with Crippen molar-refractivity contribution < 1.29 is 18.0 Å². The lowest BCUT2D eigenvalue weighted by molar-refractivity contribution is -0.169. The fraction of sp³-hybridized carbons (Fsp3) is 0.875. The number of nitrogens with two attached hydrogens (primary N) is 1. The molecule has 0 aromatic heterocycles. The molecule has 4 nitrogen and oxygen atoms in total. The molecule has 3 N–H and O–H groups in total. The van der Waals surface area contributed by atoms with Gasteiger partial charge in [0.25, 0.3) is 0 Å². The van der Waals surface area contributed by atoms with E-state index in [1.807, 2.05) is 0 Å². The SMILES string of the molecule is CNC1CCN(C(=O)C(N)C(F)(F)F)C1. The molecule has 1 aliphatic heterocycles. The summed E-state index contributed by atoms with van der Waals surface area (Å²) in [4.78, 5) is 12.5. The zero-order valence-electron chi connectivity index (χ0n) is 8.34. The first-order valence-corrected chi connectivity index (χ1v) is 4.64. The fourth-order valence-corrected chi connectivity index (χ4v) is 1.53. The van der Waals surface area contributed by atoms with Crippen molar-refractivity contribution in [3.63, 3.8) is 0 Å². The van der Waals surface area contributed by atoms with Crippen LogP contribution in [0.3, 0.4) is 0 Å². The molecule has 7 heteroatoms. The molecule has 1 rings (SSSR count). The summed E-state index contributed by atoms with van der Waals surface area (Å²) in [6.07, 6.45) is -4.00. The number of hydrogen-bond donors (Lipinski definition) is 2. The van der Waals surface area contributed by atoms with Crippen molar-refractivity contribution in [3.05, 3.63) is 0 Å². The van der Waals surface area contributed by atoms with E-state index >= 15 is 0 Å². The Bertz CT molecular complexity index is 244. The highest BCUT2D eigenvalue weighted by Gasteiger charge is 2.44. The smallest absolute Gasteiger partial charge is 0.339 e. The van der Waals surface area contributed by atoms with Gasteiger partial charge in [-0.15, -0.1) is 0 Å². The molecule has 2 unspecified atom stereocenters. The Morgan fingerprint density at radius 3 is 2.60 bits per heavy atom. The van der Waals surface area contributed by atoms with E-state index in [-0.39, 0.29) is 6.04 Å². The normalized spacial score (nSPS) is 24.3. The summed E-state index contributed by atoms with van der Waals surface area (Å²) in [5.74, 6) is -1.04. The Morgan fingerprint density at radius 1 is 1.60 bits per heavy atom. The highest BCUT2D eigenvalue weighted by atomic mass is 19.4. The molecule has 1 saturated heterocycles. The maximum absolute atomic E-state index is 12.1. The van der Waals surface area contributed by atoms with Crippen molar-refractivity contribution >= 4 is 5.91 Å². The van der Waals surface area contributed by atoms with E-state index in [0.717, 1.165) is 4.90 Å². The maximum Gasteiger partial charge on any atom is 0.412 e. The molecule has 0 bridgehead atoms. The predicted octanol–water partition coefficient (Wildman–Crippen LogP) is -0.304. The van der Waals surface area contributed by atoms with Crippen LogP contribution in [0.15, 0.2) is 0 Å². The van der Waals surface area contributed by atoms with Crippen LogP contribution in [-0.2, 0) is 4.79 Å². The van der Waals surface area contributed by atoms with Crippen LogP contribution in [0, 0.1) is 0 Å². The number of halogens is 3. The Morgan fingerprint density at radius 2 is 2.20 bits per heavy atom. The van der Waals surface area contributed by atoms with Gasteiger partial charge >= 0.3 is 6.18 Å². The predicted molar refractivity (Wildman–Crippen MR) is 48.1 cm³/mol. The molecule has 1 fully saturated rings. The summed E-state index contributed by atoms with van der Waals surface area (Å²) >= 11 is 0. The lowest BCUT2D eigenvalue weighted by atomic mass is 10.2. The number of likely N-dealkylation sites (tertiary alicyclic amines) is 1. The summed E-state index contributed by atoms with van der Waals surface area (Å²) in [6.45, 7) is 0.618. The Kier molecular flexibility index (Phi) is 3.56. The van der Waals surface area contributed by atoms with Gasteiger partial charge in [-0.25, -0.2) is 0 Å². The number of alkyl halides is 3. The summed E-state index contributed by atoms with van der Waals surface area (Å²) in [6, 6.07) is -2.33. The molecule has 2 atom stereocenters. The summed E-state index contributed by atoms with van der Waals surface area (Å²) in [5.41, 5.74) is 4.82. The third-order valence-electron chi connectivity index (χ3n) is 2.53. The number of hydrogen-bond acceptors (Lipinski definition) is 3. The van der Waals surface area contributed by atoms with Gasteiger partial charge in [0.2, 0.25) is 5.91 Å². The van der Waals surface area contributed by atoms with Crippen LogP contribution < -0.4 is 11.1 Å². The maximum atomic E-state index is 12.1. The lowest BCUT2D eigenvalue weighted by Crippen LogP contribution is -2.51. The Labute approximate surface area is 85.6 Å². The molecule has 88 valence electrons. The van der Waals surface area contributed by atoms with Gasteiger partial charge in [0, 0.05) is 19.1 Å². The highest BCUT2D eigenvalue weighted by Crippen LogP contribution is 2.21. The minimum absolute atomic E-state index is 0.0642. The van der Waals surface area contributed by atoms with Gasteiger partial charge in [0.15, 0.2) is 6.04 Å². The molecule has 0 aliphatic carbocycles. The van der Waals surface area contributed by atoms with Crippen LogP contribution in [0.25, 0.3) is 0 Å². The van der Waals surface area contributed by atoms with Crippen LogP contribution in [0.5, 0.6) is 0 Å². The average Bonchev–Trinajstić information content (AvgIpc) is 2.62. The third-order valence-corrected chi connectivity index (χ3v) is 2.53. The number of nitrogens with zero attached hydrogens (tertiary/aromatic N) is 1. The average molecular weight is 225 g/mol. The largest absolute Gasteiger partial charge is 0.412 e. The fourth-order valence-electron chi connectivity index (χ4n) is 1.53. The van der Waals surface area contributed by atoms with E-state index in [1.165, 1.54) is 0 Å². The molecular formula is C8H14F3N3O. The van der Waals surface area contributed by atoms with E-state index in [4.69, 9.17) is 5.73 Å². The van der Waals surface area contributed by atoms with Gasteiger partial charge in [0.1, 0.15) is 0 Å². The molecule has 0 saturated carbocycles. The van der Waals surface area contributed by atoms with Crippen LogP contribution in [0.4, 0.5) is 13.2 Å². The van der Waals surface area contributed by atoms with Crippen molar-refractivity contribution in [2.75, 3.05) is 20.1 Å². The van der Waals surface area contributed by atoms with Gasteiger partial charge < -0.3 is 16.0 Å². The second kappa shape index (κ2) is 4.36. The number of carbonyl (C=O) groups is 1. The molecule has 0 aromatic carbocycles. The lowest BCUT2D eigenvalue weighted by Gasteiger charge is -2.22. The van der Waals surface area contributed by atoms with Gasteiger partial charge in [-0.3, -0.25) is 4.79 Å². The number of rotatable bonds is 2. The van der Waals surface area contributed by atoms with Gasteiger partial charge in [0.05, 0.1) is 0 Å². The second-order valence-corrected chi connectivity index (χ2v) is 3.58. The van der Waals surface area contributed by atoms with Crippen LogP contribution in [-0.4, -0.2) is 49.2 Å². The van der Waals surface area contributed by atoms with Crippen LogP contribution in [0.2, 0.25) is 0 Å². The monoisotopic (exact) mass is 225 g/mol. The highest BCUT2D eigenvalue weighted by molar-refractivity contribution is 5.82. The van der Waals surface area contributed by atoms with E-state index in [1.54, 1.807) is 7.05 Å². The third kappa shape index (κ3) is 2.82. The number of carbonyl (C=O) groups excluding carboxylic acids is 1. The first-order valence-electron chi connectivity index (χ1n) is 4.64. The molecule has 0 spiro atoms. The molecule has 1 heterocycles. The van der Waals surface area contributed by atoms with Gasteiger partial charge in [-0.1, -0.05) is 0 Å². The van der Waals surface area contributed by atoms with Gasteiger partial charge in [-0.2, -0.15) is 13.2 Å². The van der Waals surface area contributed by atoms with Crippen molar-refractivity contribution in [3.8, 4) is 0 Å². The molecule has 1 amide bonds. The molecule has 0 radical (unpaired) electrons. The van der Waals surface area contributed by atoms with Gasteiger partial charge in [-0.05, 0) is 13.5 Å². The zero-order chi connectivity index (χ0) is 11.6. The topological polar surface area (TPSA) is 58.4 Å². The van der Waals surface area contributed by atoms with Crippen molar-refractivity contribution in [1.29, 1.82) is 0 Å². The minimum atomic E-state index is -4.66. The first kappa shape index (κ1) is 12.3. The zero-order valence-corrected chi connectivity index (χ0v) is 8.34. The number of likely N-dealkylation sites (N-methyl/N-ethyl adjacent to an activating group) is 1. The van der Waals surface area contributed by atoms with Crippen LogP contribution in [0.1, 0.15) is 6.42 Å². The van der Waals surface area contributed by atoms with Crippen molar-refractivity contribution in [2.45, 2.75) is 24.7 Å². The summed E-state index contributed by atoms with van der Waals surface area (Å²) in [7, 11) is 1.71. The molecular weight excluding hydrogens is 211 g/mol. The van der Waals surface area contributed by atoms with E-state index < -0.39 is 18.1 Å². The van der Waals surface area contributed by atoms with Crippen molar-refractivity contribution in [1.82, 2.24) is 10.2 Å². The van der Waals surface area contributed by atoms with Crippen LogP contribution >= 0.6 is 0 Å². The minimum Gasteiger partial charge on any atom is -0.339 e. The standard InChI is InChI=1S/C8H14F3N3O/c1-13-5-2-3-14(4-5)7(15)6(12)8(9,10)11/h5-6,13H,2-4,12H2,1H3. The molecule has 0 aromatic rings. The quantitative estimate of drug-likeness (QED) is 0.678. The van der Waals surface area contributed by atoms with Crippen molar-refractivity contribution in [2.24, 2.45) is 5.73 Å². The van der Waals surface area contributed by atoms with E-state index in [9.17, 15) is 18.0 Å². The Balaban J connectivity index is 2.55. The molecule has 1 aliphatic rings. The van der Waals surface area contributed by atoms with E-state index in [0.29, 0.717) is 19.5 Å². The molecule has 15 heavy (non-hydrogen) atoms.